The fourth-order valence-electron chi connectivity index (χ4n) is 1.31. The van der Waals surface area contributed by atoms with Crippen LogP contribution in [-0.4, -0.2) is 38.4 Å². The number of halogens is 1. The minimum Gasteiger partial charge on any atom is -0.392 e. The highest BCUT2D eigenvalue weighted by atomic mass is 19.1. The van der Waals surface area contributed by atoms with Crippen LogP contribution in [0.4, 0.5) is 10.3 Å². The Bertz CT molecular complexity index is 512. The average molecular weight is 239 g/mol. The topological polar surface area (TPSA) is 88.5 Å². The molecule has 2 heterocycles. The number of fused-ring (bicyclic) bond motifs is 1. The van der Waals surface area contributed by atoms with Crippen LogP contribution in [0.15, 0.2) is 18.3 Å². The van der Waals surface area contributed by atoms with Crippen LogP contribution in [0.1, 0.15) is 6.92 Å². The number of hydrogen-bond donors (Lipinski definition) is 3. The first-order chi connectivity index (χ1) is 8.06. The third kappa shape index (κ3) is 2.69. The van der Waals surface area contributed by atoms with E-state index in [0.29, 0.717) is 18.1 Å². The molecule has 2 rings (SSSR count). The molecule has 2 aromatic heterocycles. The van der Waals surface area contributed by atoms with Crippen molar-refractivity contribution in [2.75, 3.05) is 11.9 Å². The van der Waals surface area contributed by atoms with Crippen LogP contribution in [0, 0.1) is 5.82 Å². The van der Waals surface area contributed by atoms with Gasteiger partial charge in [-0.15, -0.1) is 5.10 Å². The highest BCUT2D eigenvalue weighted by Crippen LogP contribution is 2.06. The summed E-state index contributed by atoms with van der Waals surface area (Å²) >= 11 is 0. The lowest BCUT2D eigenvalue weighted by Crippen LogP contribution is -2.38. The summed E-state index contributed by atoms with van der Waals surface area (Å²) in [6, 6.07) is 2.44. The highest BCUT2D eigenvalue weighted by Gasteiger charge is 2.10. The molecule has 2 unspecified atom stereocenters. The second-order valence-electron chi connectivity index (χ2n) is 3.87. The second kappa shape index (κ2) is 4.64. The molecule has 4 N–H and O–H groups in total. The first kappa shape index (κ1) is 11.7. The van der Waals surface area contributed by atoms with Crippen LogP contribution in [0.2, 0.25) is 0 Å². The summed E-state index contributed by atoms with van der Waals surface area (Å²) in [6.07, 6.45) is 0.624. The molecule has 0 amide bonds. The van der Waals surface area contributed by atoms with E-state index in [2.05, 4.69) is 15.4 Å². The fourth-order valence-corrected chi connectivity index (χ4v) is 1.31. The lowest BCUT2D eigenvalue weighted by atomic mass is 10.2. The number of aromatic nitrogens is 3. The molecule has 92 valence electrons. The molecular weight excluding hydrogens is 225 g/mol. The number of rotatable bonds is 4. The molecule has 2 atom stereocenters. The van der Waals surface area contributed by atoms with E-state index in [9.17, 15) is 9.50 Å². The number of pyridine rings is 1. The Kier molecular flexibility index (Phi) is 3.21. The van der Waals surface area contributed by atoms with Gasteiger partial charge < -0.3 is 16.2 Å². The smallest absolute Gasteiger partial charge is 0.243 e. The molecule has 0 aliphatic carbocycles. The normalized spacial score (nSPS) is 14.8. The maximum Gasteiger partial charge on any atom is 0.243 e. The van der Waals surface area contributed by atoms with Crippen molar-refractivity contribution < 1.29 is 9.50 Å². The molecule has 0 spiro atoms. The molecule has 0 aliphatic heterocycles. The Labute approximate surface area is 97.3 Å². The van der Waals surface area contributed by atoms with Gasteiger partial charge in [0, 0.05) is 12.6 Å². The molecule has 0 aromatic carbocycles. The third-order valence-corrected chi connectivity index (χ3v) is 2.41. The van der Waals surface area contributed by atoms with Crippen LogP contribution < -0.4 is 11.1 Å². The zero-order chi connectivity index (χ0) is 12.4. The van der Waals surface area contributed by atoms with Crippen molar-refractivity contribution in [2.24, 2.45) is 5.73 Å². The van der Waals surface area contributed by atoms with Gasteiger partial charge in [0.25, 0.3) is 0 Å². The average Bonchev–Trinajstić information content (AvgIpc) is 2.67. The van der Waals surface area contributed by atoms with Gasteiger partial charge in [-0.25, -0.2) is 8.91 Å². The number of nitrogens with two attached hydrogens (primary N) is 1. The van der Waals surface area contributed by atoms with Crippen molar-refractivity contribution in [2.45, 2.75) is 19.1 Å². The van der Waals surface area contributed by atoms with Crippen molar-refractivity contribution >= 4 is 11.6 Å². The zero-order valence-corrected chi connectivity index (χ0v) is 9.34. The number of hydrogen-bond acceptors (Lipinski definition) is 5. The lowest BCUT2D eigenvalue weighted by molar-refractivity contribution is 0.168. The summed E-state index contributed by atoms with van der Waals surface area (Å²) < 4.78 is 14.2. The number of nitrogens with one attached hydrogen (secondary N) is 1. The van der Waals surface area contributed by atoms with Crippen molar-refractivity contribution in [1.82, 2.24) is 14.6 Å². The molecule has 0 radical (unpaired) electrons. The molecule has 17 heavy (non-hydrogen) atoms. The van der Waals surface area contributed by atoms with E-state index in [1.807, 2.05) is 0 Å². The fraction of sp³-hybridized carbons (Fsp3) is 0.400. The van der Waals surface area contributed by atoms with Crippen LogP contribution in [0.25, 0.3) is 5.65 Å². The van der Waals surface area contributed by atoms with Gasteiger partial charge in [-0.05, 0) is 19.1 Å². The van der Waals surface area contributed by atoms with E-state index < -0.39 is 12.1 Å². The Morgan fingerprint density at radius 3 is 3.06 bits per heavy atom. The van der Waals surface area contributed by atoms with Crippen molar-refractivity contribution in [3.05, 3.63) is 24.1 Å². The quantitative estimate of drug-likeness (QED) is 0.698. The summed E-state index contributed by atoms with van der Waals surface area (Å²) in [6.45, 7) is 1.95. The van der Waals surface area contributed by atoms with Crippen LogP contribution in [0.3, 0.4) is 0 Å². The first-order valence-electron chi connectivity index (χ1n) is 5.25. The first-order valence-corrected chi connectivity index (χ1v) is 5.25. The maximum absolute atomic E-state index is 12.9. The van der Waals surface area contributed by atoms with Gasteiger partial charge in [0.1, 0.15) is 5.82 Å². The van der Waals surface area contributed by atoms with Gasteiger partial charge in [0.2, 0.25) is 5.95 Å². The van der Waals surface area contributed by atoms with E-state index in [0.717, 1.165) is 0 Å². The molecule has 0 bridgehead atoms. The van der Waals surface area contributed by atoms with Gasteiger partial charge in [0.15, 0.2) is 5.65 Å². The number of aliphatic hydroxyl groups is 1. The molecular formula is C10H14FN5O. The largest absolute Gasteiger partial charge is 0.392 e. The standard InChI is InChI=1S/C10H14FN5O/c1-6(17)8(12)4-13-10-14-9-3-2-7(11)5-16(9)15-10/h2-3,5-6,8,17H,4,12H2,1H3,(H,13,15). The van der Waals surface area contributed by atoms with Gasteiger partial charge in [-0.1, -0.05) is 0 Å². The van der Waals surface area contributed by atoms with Crippen molar-refractivity contribution in [3.8, 4) is 0 Å². The van der Waals surface area contributed by atoms with Gasteiger partial charge in [-0.2, -0.15) is 4.98 Å². The van der Waals surface area contributed by atoms with E-state index in [1.165, 1.54) is 22.8 Å². The summed E-state index contributed by atoms with van der Waals surface area (Å²) in [5.41, 5.74) is 6.19. The molecule has 0 fully saturated rings. The summed E-state index contributed by atoms with van der Waals surface area (Å²) in [5.74, 6) is -0.0265. The molecule has 6 nitrogen and oxygen atoms in total. The minimum absolute atomic E-state index is 0.344. The predicted molar refractivity (Wildman–Crippen MR) is 61.1 cm³/mol. The van der Waals surface area contributed by atoms with Gasteiger partial charge in [-0.3, -0.25) is 0 Å². The van der Waals surface area contributed by atoms with Gasteiger partial charge in [0.05, 0.1) is 12.3 Å². The number of anilines is 1. The van der Waals surface area contributed by atoms with E-state index in [1.54, 1.807) is 6.92 Å². The second-order valence-corrected chi connectivity index (χ2v) is 3.87. The molecule has 0 saturated carbocycles. The van der Waals surface area contributed by atoms with Gasteiger partial charge >= 0.3 is 0 Å². The monoisotopic (exact) mass is 239 g/mol. The Morgan fingerprint density at radius 1 is 1.59 bits per heavy atom. The molecule has 0 aliphatic rings. The van der Waals surface area contributed by atoms with Crippen molar-refractivity contribution in [3.63, 3.8) is 0 Å². The van der Waals surface area contributed by atoms with E-state index >= 15 is 0 Å². The predicted octanol–water partition coefficient (Wildman–Crippen LogP) is -0.0116. The Morgan fingerprint density at radius 2 is 2.35 bits per heavy atom. The van der Waals surface area contributed by atoms with Crippen LogP contribution in [-0.2, 0) is 0 Å². The molecule has 0 saturated heterocycles. The van der Waals surface area contributed by atoms with Crippen molar-refractivity contribution in [1.29, 1.82) is 0 Å². The summed E-state index contributed by atoms with van der Waals surface area (Å²) in [4.78, 5) is 4.12. The molecule has 2 aromatic rings. The van der Waals surface area contributed by atoms with Crippen LogP contribution in [0.5, 0.6) is 0 Å². The highest BCUT2D eigenvalue weighted by molar-refractivity contribution is 5.43. The third-order valence-electron chi connectivity index (χ3n) is 2.41. The van der Waals surface area contributed by atoms with Crippen LogP contribution >= 0.6 is 0 Å². The minimum atomic E-state index is -0.614. The molecule has 7 heteroatoms. The zero-order valence-electron chi connectivity index (χ0n) is 9.34. The number of aliphatic hydroxyl groups excluding tert-OH is 1. The lowest BCUT2D eigenvalue weighted by Gasteiger charge is -2.13. The summed E-state index contributed by atoms with van der Waals surface area (Å²) in [5, 5.41) is 16.1. The Hall–Kier alpha value is -1.73. The Balaban J connectivity index is 2.09. The van der Waals surface area contributed by atoms with E-state index in [4.69, 9.17) is 5.73 Å². The maximum atomic E-state index is 12.9. The van der Waals surface area contributed by atoms with E-state index in [-0.39, 0.29) is 5.82 Å². The number of nitrogens with zero attached hydrogens (tertiary/aromatic N) is 3. The SMILES string of the molecule is CC(O)C(N)CNc1nc2ccc(F)cn2n1. The summed E-state index contributed by atoms with van der Waals surface area (Å²) in [7, 11) is 0.